The lowest BCUT2D eigenvalue weighted by Crippen LogP contribution is -2.32. The molecule has 1 aliphatic carbocycles. The number of hydrogen-bond acceptors (Lipinski definition) is 1. The summed E-state index contributed by atoms with van der Waals surface area (Å²) in [5.41, 5.74) is 1.24. The van der Waals surface area contributed by atoms with Crippen molar-refractivity contribution in [2.24, 2.45) is 11.8 Å². The fourth-order valence-electron chi connectivity index (χ4n) is 3.23. The molecule has 1 aromatic rings. The highest BCUT2D eigenvalue weighted by molar-refractivity contribution is 5.14. The maximum atomic E-state index is 12.6. The van der Waals surface area contributed by atoms with Crippen LogP contribution in [0.5, 0.6) is 0 Å². The van der Waals surface area contributed by atoms with E-state index in [1.165, 1.54) is 5.56 Å². The Hall–Kier alpha value is -1.03. The zero-order chi connectivity index (χ0) is 15.3. The summed E-state index contributed by atoms with van der Waals surface area (Å²) in [6.07, 6.45) is -0.719. The third-order valence-electron chi connectivity index (χ3n) is 4.59. The predicted molar refractivity (Wildman–Crippen MR) is 76.9 cm³/mol. The first-order valence-corrected chi connectivity index (χ1v) is 7.75. The Bertz CT molecular complexity index is 408. The minimum Gasteiger partial charge on any atom is -0.393 e. The van der Waals surface area contributed by atoms with Crippen molar-refractivity contribution in [2.45, 2.75) is 57.2 Å². The molecule has 21 heavy (non-hydrogen) atoms. The van der Waals surface area contributed by atoms with Gasteiger partial charge in [0.25, 0.3) is 0 Å². The molecule has 1 atom stereocenters. The van der Waals surface area contributed by atoms with Gasteiger partial charge in [-0.05, 0) is 56.4 Å². The zero-order valence-electron chi connectivity index (χ0n) is 12.1. The third kappa shape index (κ3) is 5.03. The Morgan fingerprint density at radius 2 is 1.67 bits per heavy atom. The number of alkyl halides is 3. The lowest BCUT2D eigenvalue weighted by atomic mass is 9.78. The number of benzene rings is 1. The molecule has 0 heterocycles. The lowest BCUT2D eigenvalue weighted by Gasteiger charge is -2.32. The van der Waals surface area contributed by atoms with Gasteiger partial charge in [0.15, 0.2) is 0 Å². The fraction of sp³-hybridized carbons (Fsp3) is 0.647. The molecule has 0 aromatic heterocycles. The van der Waals surface area contributed by atoms with Crippen molar-refractivity contribution < 1.29 is 18.3 Å². The van der Waals surface area contributed by atoms with Crippen molar-refractivity contribution in [2.75, 3.05) is 0 Å². The van der Waals surface area contributed by atoms with E-state index in [1.54, 1.807) is 0 Å². The van der Waals surface area contributed by atoms with E-state index in [9.17, 15) is 18.3 Å². The normalized spacial score (nSPS) is 24.8. The molecular formula is C17H23F3O. The van der Waals surface area contributed by atoms with Crippen molar-refractivity contribution in [3.63, 3.8) is 0 Å². The standard InChI is InChI=1S/C17H23F3O/c18-17(19,20)15-11-9-14(10-12-15)16(21)8-4-7-13-5-2-1-3-6-13/h1-3,5-6,14-16,21H,4,7-12H2. The molecule has 0 spiro atoms. The van der Waals surface area contributed by atoms with Crippen LogP contribution in [-0.4, -0.2) is 17.4 Å². The second-order valence-corrected chi connectivity index (χ2v) is 6.10. The molecule has 0 bridgehead atoms. The Kier molecular flexibility index (Phi) is 5.68. The molecule has 0 aliphatic heterocycles. The molecule has 0 radical (unpaired) electrons. The summed E-state index contributed by atoms with van der Waals surface area (Å²) in [6.45, 7) is 0. The van der Waals surface area contributed by atoms with E-state index in [0.717, 1.165) is 12.8 Å². The maximum Gasteiger partial charge on any atom is 0.391 e. The molecule has 1 N–H and O–H groups in total. The van der Waals surface area contributed by atoms with Gasteiger partial charge in [-0.3, -0.25) is 0 Å². The van der Waals surface area contributed by atoms with Crippen LogP contribution in [0.2, 0.25) is 0 Å². The molecule has 1 saturated carbocycles. The average Bonchev–Trinajstić information content (AvgIpc) is 2.47. The lowest BCUT2D eigenvalue weighted by molar-refractivity contribution is -0.185. The number of aryl methyl sites for hydroxylation is 1. The molecule has 1 aliphatic rings. The van der Waals surface area contributed by atoms with Gasteiger partial charge >= 0.3 is 6.18 Å². The zero-order valence-corrected chi connectivity index (χ0v) is 12.1. The molecule has 4 heteroatoms. The van der Waals surface area contributed by atoms with Crippen LogP contribution >= 0.6 is 0 Å². The van der Waals surface area contributed by atoms with Crippen LogP contribution in [0.1, 0.15) is 44.1 Å². The van der Waals surface area contributed by atoms with Gasteiger partial charge in [-0.2, -0.15) is 13.2 Å². The van der Waals surface area contributed by atoms with Crippen molar-refractivity contribution >= 4 is 0 Å². The Labute approximate surface area is 124 Å². The molecule has 0 amide bonds. The summed E-state index contributed by atoms with van der Waals surface area (Å²) < 4.78 is 37.8. The molecule has 0 saturated heterocycles. The van der Waals surface area contributed by atoms with E-state index in [-0.39, 0.29) is 18.8 Å². The first kappa shape index (κ1) is 16.3. The first-order valence-electron chi connectivity index (χ1n) is 7.75. The van der Waals surface area contributed by atoms with E-state index < -0.39 is 18.2 Å². The predicted octanol–water partition coefficient (Wildman–Crippen LogP) is 4.74. The highest BCUT2D eigenvalue weighted by Gasteiger charge is 2.42. The molecule has 1 unspecified atom stereocenters. The second kappa shape index (κ2) is 7.30. The van der Waals surface area contributed by atoms with Crippen molar-refractivity contribution in [3.8, 4) is 0 Å². The minimum atomic E-state index is -4.07. The summed E-state index contributed by atoms with van der Waals surface area (Å²) >= 11 is 0. The number of rotatable bonds is 5. The van der Waals surface area contributed by atoms with Gasteiger partial charge < -0.3 is 5.11 Å². The SMILES string of the molecule is OC(CCCc1ccccc1)C1CCC(C(F)(F)F)CC1. The maximum absolute atomic E-state index is 12.6. The quantitative estimate of drug-likeness (QED) is 0.833. The molecular weight excluding hydrogens is 277 g/mol. The van der Waals surface area contributed by atoms with Crippen LogP contribution in [-0.2, 0) is 6.42 Å². The van der Waals surface area contributed by atoms with Gasteiger partial charge in [0.05, 0.1) is 12.0 Å². The van der Waals surface area contributed by atoms with E-state index in [4.69, 9.17) is 0 Å². The van der Waals surface area contributed by atoms with Crippen molar-refractivity contribution in [1.29, 1.82) is 0 Å². The summed E-state index contributed by atoms with van der Waals surface area (Å²) in [5.74, 6) is -1.12. The minimum absolute atomic E-state index is 0.0411. The summed E-state index contributed by atoms with van der Waals surface area (Å²) in [4.78, 5) is 0. The van der Waals surface area contributed by atoms with Crippen LogP contribution in [0.3, 0.4) is 0 Å². The van der Waals surface area contributed by atoms with Gasteiger partial charge in [-0.25, -0.2) is 0 Å². The van der Waals surface area contributed by atoms with Gasteiger partial charge in [0.1, 0.15) is 0 Å². The molecule has 2 rings (SSSR count). The average molecular weight is 300 g/mol. The second-order valence-electron chi connectivity index (χ2n) is 6.10. The van der Waals surface area contributed by atoms with E-state index >= 15 is 0 Å². The smallest absolute Gasteiger partial charge is 0.391 e. The molecule has 1 fully saturated rings. The number of halogens is 3. The van der Waals surface area contributed by atoms with Crippen LogP contribution in [0.15, 0.2) is 30.3 Å². The summed E-state index contributed by atoms with van der Waals surface area (Å²) in [6, 6.07) is 10.1. The van der Waals surface area contributed by atoms with E-state index in [2.05, 4.69) is 12.1 Å². The molecule has 1 nitrogen and oxygen atoms in total. The van der Waals surface area contributed by atoms with Gasteiger partial charge in [-0.1, -0.05) is 30.3 Å². The Balaban J connectivity index is 1.69. The van der Waals surface area contributed by atoms with Crippen molar-refractivity contribution in [3.05, 3.63) is 35.9 Å². The van der Waals surface area contributed by atoms with Crippen LogP contribution in [0.25, 0.3) is 0 Å². The Morgan fingerprint density at radius 3 is 2.24 bits per heavy atom. The largest absolute Gasteiger partial charge is 0.393 e. The van der Waals surface area contributed by atoms with Crippen LogP contribution in [0.4, 0.5) is 13.2 Å². The fourth-order valence-corrected chi connectivity index (χ4v) is 3.23. The topological polar surface area (TPSA) is 20.2 Å². The van der Waals surface area contributed by atoms with E-state index in [1.807, 2.05) is 18.2 Å². The molecule has 1 aromatic carbocycles. The summed E-state index contributed by atoms with van der Waals surface area (Å²) in [7, 11) is 0. The highest BCUT2D eigenvalue weighted by atomic mass is 19.4. The molecule has 118 valence electrons. The summed E-state index contributed by atoms with van der Waals surface area (Å²) in [5, 5.41) is 10.2. The highest BCUT2D eigenvalue weighted by Crippen LogP contribution is 2.40. The first-order chi connectivity index (χ1) is 9.97. The monoisotopic (exact) mass is 300 g/mol. The number of hydrogen-bond donors (Lipinski definition) is 1. The van der Waals surface area contributed by atoms with E-state index in [0.29, 0.717) is 19.3 Å². The van der Waals surface area contributed by atoms with Gasteiger partial charge in [0, 0.05) is 0 Å². The third-order valence-corrected chi connectivity index (χ3v) is 4.59. The number of aliphatic hydroxyl groups is 1. The van der Waals surface area contributed by atoms with Crippen LogP contribution in [0, 0.1) is 11.8 Å². The van der Waals surface area contributed by atoms with Gasteiger partial charge in [-0.15, -0.1) is 0 Å². The van der Waals surface area contributed by atoms with Crippen molar-refractivity contribution in [1.82, 2.24) is 0 Å². The van der Waals surface area contributed by atoms with Gasteiger partial charge in [0.2, 0.25) is 0 Å². The Morgan fingerprint density at radius 1 is 1.05 bits per heavy atom. The van der Waals surface area contributed by atoms with Crippen LogP contribution < -0.4 is 0 Å². The number of aliphatic hydroxyl groups excluding tert-OH is 1.